The Morgan fingerprint density at radius 1 is 1.02 bits per heavy atom. The van der Waals surface area contributed by atoms with E-state index < -0.39 is 28.7 Å². The molecular formula is C32H43N3O5S. The summed E-state index contributed by atoms with van der Waals surface area (Å²) in [6.45, 7) is 11.2. The van der Waals surface area contributed by atoms with E-state index in [4.69, 9.17) is 4.74 Å². The summed E-state index contributed by atoms with van der Waals surface area (Å²) < 4.78 is 4.70. The van der Waals surface area contributed by atoms with Crippen LogP contribution in [0.5, 0.6) is 5.75 Å². The van der Waals surface area contributed by atoms with Gasteiger partial charge in [0.25, 0.3) is 0 Å². The molecule has 0 saturated carbocycles. The van der Waals surface area contributed by atoms with Gasteiger partial charge in [0.2, 0.25) is 17.7 Å². The van der Waals surface area contributed by atoms with Gasteiger partial charge in [0.05, 0.1) is 35.8 Å². The molecule has 1 N–H and O–H groups in total. The van der Waals surface area contributed by atoms with E-state index >= 15 is 0 Å². The molecule has 222 valence electrons. The summed E-state index contributed by atoms with van der Waals surface area (Å²) in [6, 6.07) is 6.18. The second-order valence-corrected chi connectivity index (χ2v) is 13.4. The van der Waals surface area contributed by atoms with Crippen molar-refractivity contribution >= 4 is 35.2 Å². The van der Waals surface area contributed by atoms with Gasteiger partial charge in [-0.25, -0.2) is 0 Å². The smallest absolute Gasteiger partial charge is 0.247 e. The van der Waals surface area contributed by atoms with Crippen LogP contribution in [0.25, 0.3) is 0 Å². The monoisotopic (exact) mass is 581 g/mol. The molecule has 2 fully saturated rings. The van der Waals surface area contributed by atoms with E-state index in [0.717, 1.165) is 24.3 Å². The third-order valence-electron chi connectivity index (χ3n) is 9.14. The first-order valence-corrected chi connectivity index (χ1v) is 15.9. The molecule has 4 heterocycles. The predicted molar refractivity (Wildman–Crippen MR) is 162 cm³/mol. The van der Waals surface area contributed by atoms with E-state index in [9.17, 15) is 19.5 Å². The van der Waals surface area contributed by atoms with Crippen molar-refractivity contribution in [2.75, 3.05) is 31.2 Å². The fraction of sp³-hybridized carbons (Fsp3) is 0.594. The van der Waals surface area contributed by atoms with Gasteiger partial charge in [-0.2, -0.15) is 0 Å². The largest absolute Gasteiger partial charge is 0.494 e. The van der Waals surface area contributed by atoms with Crippen molar-refractivity contribution in [3.8, 4) is 5.75 Å². The highest BCUT2D eigenvalue weighted by Gasteiger charge is 2.72. The molecule has 4 aliphatic rings. The fourth-order valence-corrected chi connectivity index (χ4v) is 9.16. The van der Waals surface area contributed by atoms with E-state index in [1.807, 2.05) is 68.2 Å². The predicted octanol–water partition coefficient (Wildman–Crippen LogP) is 3.89. The van der Waals surface area contributed by atoms with Gasteiger partial charge in [-0.3, -0.25) is 14.4 Å². The van der Waals surface area contributed by atoms with Crippen LogP contribution in [0.2, 0.25) is 0 Å². The highest BCUT2D eigenvalue weighted by Crippen LogP contribution is 2.61. The van der Waals surface area contributed by atoms with Crippen LogP contribution in [0.15, 0.2) is 48.6 Å². The number of rotatable bonds is 9. The zero-order valence-electron chi connectivity index (χ0n) is 24.7. The molecule has 41 heavy (non-hydrogen) atoms. The molecule has 2 unspecified atom stereocenters. The van der Waals surface area contributed by atoms with E-state index in [1.54, 1.807) is 21.6 Å². The highest BCUT2D eigenvalue weighted by atomic mass is 32.2. The van der Waals surface area contributed by atoms with Crippen LogP contribution < -0.4 is 9.64 Å². The van der Waals surface area contributed by atoms with Gasteiger partial charge in [0, 0.05) is 30.1 Å². The average Bonchev–Trinajstić information content (AvgIpc) is 3.25. The van der Waals surface area contributed by atoms with Crippen LogP contribution in [0.1, 0.15) is 47.5 Å². The van der Waals surface area contributed by atoms with E-state index in [0.29, 0.717) is 19.7 Å². The molecule has 7 atom stereocenters. The lowest BCUT2D eigenvalue weighted by Crippen LogP contribution is -2.58. The van der Waals surface area contributed by atoms with Crippen LogP contribution in [0.3, 0.4) is 0 Å². The molecule has 2 saturated heterocycles. The highest BCUT2D eigenvalue weighted by molar-refractivity contribution is 8.02. The third-order valence-corrected chi connectivity index (χ3v) is 10.9. The zero-order valence-corrected chi connectivity index (χ0v) is 25.5. The number of carbonyl (C=O) groups excluding carboxylic acids is 3. The van der Waals surface area contributed by atoms with E-state index in [-0.39, 0.29) is 41.5 Å². The molecule has 1 aromatic carbocycles. The van der Waals surface area contributed by atoms with Crippen LogP contribution >= 0.6 is 11.8 Å². The first-order valence-electron chi connectivity index (χ1n) is 15.0. The van der Waals surface area contributed by atoms with Crippen molar-refractivity contribution in [2.24, 2.45) is 17.8 Å². The maximum absolute atomic E-state index is 14.6. The second-order valence-electron chi connectivity index (χ2n) is 11.9. The first kappa shape index (κ1) is 29.7. The quantitative estimate of drug-likeness (QED) is 0.445. The number of hydrogen-bond donors (Lipinski definition) is 1. The molecule has 9 heteroatoms. The van der Waals surface area contributed by atoms with Gasteiger partial charge in [0.15, 0.2) is 0 Å². The number of fused-ring (bicyclic) bond motifs is 2. The number of amides is 3. The van der Waals surface area contributed by atoms with Crippen LogP contribution in [0.4, 0.5) is 5.69 Å². The minimum Gasteiger partial charge on any atom is -0.494 e. The topological polar surface area (TPSA) is 90.4 Å². The minimum atomic E-state index is -0.895. The Morgan fingerprint density at radius 2 is 1.76 bits per heavy atom. The summed E-state index contributed by atoms with van der Waals surface area (Å²) in [4.78, 5) is 48.7. The Labute approximate surface area is 247 Å². The molecule has 8 nitrogen and oxygen atoms in total. The number of hydrogen-bond acceptors (Lipinski definition) is 6. The summed E-state index contributed by atoms with van der Waals surface area (Å²) >= 11 is 1.58. The number of aliphatic hydroxyl groups is 1. The number of nitrogens with zero attached hydrogens (tertiary/aromatic N) is 3. The Bertz CT molecular complexity index is 1220. The molecule has 0 bridgehead atoms. The lowest BCUT2D eigenvalue weighted by molar-refractivity contribution is -0.147. The van der Waals surface area contributed by atoms with Gasteiger partial charge in [-0.15, -0.1) is 11.8 Å². The summed E-state index contributed by atoms with van der Waals surface area (Å²) in [7, 11) is 0. The lowest BCUT2D eigenvalue weighted by atomic mass is 9.78. The number of likely N-dealkylation sites (tertiary alicyclic amines) is 1. The lowest BCUT2D eigenvalue weighted by Gasteiger charge is -2.41. The number of benzene rings is 1. The maximum Gasteiger partial charge on any atom is 0.247 e. The molecule has 0 aromatic heterocycles. The van der Waals surface area contributed by atoms with Crippen LogP contribution in [0, 0.1) is 17.8 Å². The summed E-state index contributed by atoms with van der Waals surface area (Å²) in [5.41, 5.74) is 0.746. The zero-order chi connectivity index (χ0) is 29.5. The maximum atomic E-state index is 14.6. The van der Waals surface area contributed by atoms with Crippen LogP contribution in [-0.4, -0.2) is 87.1 Å². The van der Waals surface area contributed by atoms with Gasteiger partial charge in [-0.05, 0) is 50.5 Å². The Kier molecular flexibility index (Phi) is 8.58. The number of ether oxygens (including phenoxy) is 1. The Hall–Kier alpha value is -2.78. The number of thioether (sulfide) groups is 1. The van der Waals surface area contributed by atoms with Crippen molar-refractivity contribution in [3.63, 3.8) is 0 Å². The Morgan fingerprint density at radius 3 is 2.39 bits per heavy atom. The van der Waals surface area contributed by atoms with Crippen molar-refractivity contribution in [2.45, 2.75) is 75.6 Å². The van der Waals surface area contributed by atoms with Gasteiger partial charge in [-0.1, -0.05) is 51.5 Å². The standard InChI is InChI=1S/C32H43N3O5S/c1-6-10-21(5)33-18-9-16-32-27(30(38)35(28(32)31(33)39)24(19-36)20(3)4)26-25(41-32)11-8-17-34(29(26)37)22-12-14-23(15-13-22)40-7-2/h8-9,11-16,20-21,24-28,36H,6-7,10,17-19H2,1-5H3/t21?,24-,25+,26-,27-,28?,32-/m0/s1. The fourth-order valence-electron chi connectivity index (χ4n) is 7.16. The molecule has 3 amide bonds. The molecule has 5 rings (SSSR count). The number of carbonyl (C=O) groups is 3. The van der Waals surface area contributed by atoms with Crippen molar-refractivity contribution in [1.29, 1.82) is 0 Å². The summed E-state index contributed by atoms with van der Waals surface area (Å²) in [6.07, 6.45) is 9.93. The normalized spacial score (nSPS) is 30.7. The molecular weight excluding hydrogens is 538 g/mol. The number of anilines is 1. The molecule has 0 aliphatic carbocycles. The van der Waals surface area contributed by atoms with Crippen molar-refractivity contribution in [1.82, 2.24) is 9.80 Å². The molecule has 1 aromatic rings. The van der Waals surface area contributed by atoms with Crippen molar-refractivity contribution < 1.29 is 24.2 Å². The van der Waals surface area contributed by atoms with E-state index in [1.165, 1.54) is 0 Å². The molecule has 0 radical (unpaired) electrons. The summed E-state index contributed by atoms with van der Waals surface area (Å²) in [5, 5.41) is 10.2. The first-order chi connectivity index (χ1) is 19.7. The Balaban J connectivity index is 1.58. The minimum absolute atomic E-state index is 0.0171. The van der Waals surface area contributed by atoms with Gasteiger partial charge < -0.3 is 24.5 Å². The van der Waals surface area contributed by atoms with Crippen molar-refractivity contribution in [3.05, 3.63) is 48.6 Å². The van der Waals surface area contributed by atoms with Crippen LogP contribution in [-0.2, 0) is 14.4 Å². The molecule has 1 spiro atoms. The SMILES string of the molecule is CCCC(C)N1CC=C[C@]23S[C@@H]4C=CCN(c5ccc(OCC)cc5)C(=O)[C@@H]4[C@H]2C(=O)N([C@@H](CO)C(C)C)C3C1=O. The average molecular weight is 582 g/mol. The summed E-state index contributed by atoms with van der Waals surface area (Å²) in [5.74, 6) is -1.08. The van der Waals surface area contributed by atoms with E-state index in [2.05, 4.69) is 19.9 Å². The third kappa shape index (κ3) is 4.88. The molecule has 4 aliphatic heterocycles. The van der Waals surface area contributed by atoms with Gasteiger partial charge in [0.1, 0.15) is 11.8 Å². The van der Waals surface area contributed by atoms with Gasteiger partial charge >= 0.3 is 0 Å². The number of aliphatic hydroxyl groups excluding tert-OH is 1. The second kappa shape index (κ2) is 11.8.